The second-order valence-corrected chi connectivity index (χ2v) is 6.69. The van der Waals surface area contributed by atoms with Gasteiger partial charge in [-0.05, 0) is 17.5 Å². The number of pyridine rings is 1. The summed E-state index contributed by atoms with van der Waals surface area (Å²) in [5.74, 6) is 0.984. The van der Waals surface area contributed by atoms with Crippen LogP contribution in [0.25, 0.3) is 0 Å². The topological polar surface area (TPSA) is 33.2 Å². The Morgan fingerprint density at radius 1 is 1.39 bits per heavy atom. The number of carbonyl (C=O) groups is 1. The lowest BCUT2D eigenvalue weighted by Gasteiger charge is -2.26. The van der Waals surface area contributed by atoms with Crippen molar-refractivity contribution in [2.75, 3.05) is 19.3 Å². The zero-order chi connectivity index (χ0) is 13.6. The summed E-state index contributed by atoms with van der Waals surface area (Å²) < 4.78 is 0. The largest absolute Gasteiger partial charge is 0.345 e. The molecule has 100 valence electrons. The van der Waals surface area contributed by atoms with Gasteiger partial charge < -0.3 is 4.90 Å². The zero-order valence-corrected chi connectivity index (χ0v) is 12.5. The monoisotopic (exact) mass is 266 g/mol. The Morgan fingerprint density at radius 2 is 2.11 bits per heavy atom. The molecule has 0 bridgehead atoms. The van der Waals surface area contributed by atoms with Gasteiger partial charge in [-0.1, -0.05) is 26.8 Å². The molecule has 0 unspecified atom stereocenters. The van der Waals surface area contributed by atoms with Crippen LogP contribution in [0.1, 0.15) is 27.2 Å². The Kier molecular flexibility index (Phi) is 5.66. The Balaban J connectivity index is 2.29. The molecule has 4 heteroatoms. The van der Waals surface area contributed by atoms with Crippen LogP contribution >= 0.6 is 11.8 Å². The van der Waals surface area contributed by atoms with Crippen LogP contribution in [-0.2, 0) is 4.79 Å². The second-order valence-electron chi connectivity index (χ2n) is 5.58. The van der Waals surface area contributed by atoms with Gasteiger partial charge in [0.25, 0.3) is 0 Å². The van der Waals surface area contributed by atoms with Crippen molar-refractivity contribution in [3.63, 3.8) is 0 Å². The van der Waals surface area contributed by atoms with Crippen LogP contribution in [0.5, 0.6) is 0 Å². The maximum atomic E-state index is 11.9. The first-order chi connectivity index (χ1) is 8.38. The minimum Gasteiger partial charge on any atom is -0.345 e. The molecule has 3 nitrogen and oxygen atoms in total. The number of amides is 1. The SMILES string of the molecule is CN(CC(C)(C)C)C(=O)CCSc1ccccn1. The number of rotatable bonds is 5. The maximum absolute atomic E-state index is 11.9. The maximum Gasteiger partial charge on any atom is 0.223 e. The second kappa shape index (κ2) is 6.78. The van der Waals surface area contributed by atoms with Gasteiger partial charge >= 0.3 is 0 Å². The molecule has 0 aromatic carbocycles. The van der Waals surface area contributed by atoms with Crippen LogP contribution in [-0.4, -0.2) is 35.1 Å². The summed E-state index contributed by atoms with van der Waals surface area (Å²) in [6, 6.07) is 5.82. The summed E-state index contributed by atoms with van der Waals surface area (Å²) in [7, 11) is 1.87. The van der Waals surface area contributed by atoms with Crippen molar-refractivity contribution in [1.29, 1.82) is 0 Å². The molecule has 0 saturated carbocycles. The molecular weight excluding hydrogens is 244 g/mol. The molecule has 1 aromatic heterocycles. The van der Waals surface area contributed by atoms with Gasteiger partial charge in [-0.2, -0.15) is 0 Å². The summed E-state index contributed by atoms with van der Waals surface area (Å²) >= 11 is 1.63. The molecule has 0 atom stereocenters. The fourth-order valence-electron chi connectivity index (χ4n) is 1.67. The van der Waals surface area contributed by atoms with Crippen molar-refractivity contribution >= 4 is 17.7 Å². The van der Waals surface area contributed by atoms with Gasteiger partial charge in [0.2, 0.25) is 5.91 Å². The minimum absolute atomic E-state index is 0.151. The standard InChI is InChI=1S/C14H22N2OS/c1-14(2,3)11-16(4)13(17)8-10-18-12-7-5-6-9-15-12/h5-7,9H,8,10-11H2,1-4H3. The van der Waals surface area contributed by atoms with Crippen LogP contribution in [0, 0.1) is 5.41 Å². The molecule has 0 saturated heterocycles. The van der Waals surface area contributed by atoms with E-state index in [1.165, 1.54) is 0 Å². The van der Waals surface area contributed by atoms with Crippen molar-refractivity contribution in [2.24, 2.45) is 5.41 Å². The van der Waals surface area contributed by atoms with E-state index in [1.807, 2.05) is 30.1 Å². The highest BCUT2D eigenvalue weighted by molar-refractivity contribution is 7.99. The molecule has 0 aliphatic heterocycles. The van der Waals surface area contributed by atoms with Crippen molar-refractivity contribution in [1.82, 2.24) is 9.88 Å². The van der Waals surface area contributed by atoms with Crippen molar-refractivity contribution < 1.29 is 4.79 Å². The van der Waals surface area contributed by atoms with Gasteiger partial charge in [0.15, 0.2) is 0 Å². The van der Waals surface area contributed by atoms with Gasteiger partial charge in [-0.15, -0.1) is 11.8 Å². The van der Waals surface area contributed by atoms with E-state index in [-0.39, 0.29) is 11.3 Å². The van der Waals surface area contributed by atoms with E-state index in [0.717, 1.165) is 17.3 Å². The van der Waals surface area contributed by atoms with Crippen LogP contribution in [0.2, 0.25) is 0 Å². The highest BCUT2D eigenvalue weighted by Crippen LogP contribution is 2.17. The Hall–Kier alpha value is -1.03. The summed E-state index contributed by atoms with van der Waals surface area (Å²) in [6.07, 6.45) is 2.34. The first-order valence-electron chi connectivity index (χ1n) is 6.16. The third-order valence-corrected chi connectivity index (χ3v) is 3.29. The van der Waals surface area contributed by atoms with Gasteiger partial charge in [-0.25, -0.2) is 4.98 Å². The van der Waals surface area contributed by atoms with Gasteiger partial charge in [-0.3, -0.25) is 4.79 Å². The third-order valence-electron chi connectivity index (χ3n) is 2.34. The predicted octanol–water partition coefficient (Wildman–Crippen LogP) is 3.07. The van der Waals surface area contributed by atoms with Crippen LogP contribution in [0.15, 0.2) is 29.4 Å². The van der Waals surface area contributed by atoms with E-state index in [0.29, 0.717) is 6.42 Å². The molecule has 18 heavy (non-hydrogen) atoms. The van der Waals surface area contributed by atoms with E-state index >= 15 is 0 Å². The molecule has 1 rings (SSSR count). The van der Waals surface area contributed by atoms with E-state index in [2.05, 4.69) is 25.8 Å². The number of thioether (sulfide) groups is 1. The van der Waals surface area contributed by atoms with Gasteiger partial charge in [0.1, 0.15) is 0 Å². The average molecular weight is 266 g/mol. The highest BCUT2D eigenvalue weighted by Gasteiger charge is 2.17. The molecule has 0 aliphatic carbocycles. The van der Waals surface area contributed by atoms with Crippen LogP contribution in [0.3, 0.4) is 0 Å². The Morgan fingerprint density at radius 3 is 2.67 bits per heavy atom. The smallest absolute Gasteiger partial charge is 0.223 e. The van der Waals surface area contributed by atoms with Crippen molar-refractivity contribution in [2.45, 2.75) is 32.2 Å². The summed E-state index contributed by atoms with van der Waals surface area (Å²) in [5, 5.41) is 0.976. The fourth-order valence-corrected chi connectivity index (χ4v) is 2.46. The number of carbonyl (C=O) groups excluding carboxylic acids is 1. The number of nitrogens with zero attached hydrogens (tertiary/aromatic N) is 2. The normalized spacial score (nSPS) is 11.3. The third kappa shape index (κ3) is 6.05. The summed E-state index contributed by atoms with van der Waals surface area (Å²) in [6.45, 7) is 7.21. The fraction of sp³-hybridized carbons (Fsp3) is 0.571. The predicted molar refractivity (Wildman–Crippen MR) is 76.7 cm³/mol. The molecule has 0 radical (unpaired) electrons. The van der Waals surface area contributed by atoms with Crippen molar-refractivity contribution in [3.05, 3.63) is 24.4 Å². The van der Waals surface area contributed by atoms with Crippen molar-refractivity contribution in [3.8, 4) is 0 Å². The first kappa shape index (κ1) is 15.0. The number of aromatic nitrogens is 1. The highest BCUT2D eigenvalue weighted by atomic mass is 32.2. The number of hydrogen-bond donors (Lipinski definition) is 0. The van der Waals surface area contributed by atoms with Crippen LogP contribution < -0.4 is 0 Å². The lowest BCUT2D eigenvalue weighted by atomic mass is 9.96. The average Bonchev–Trinajstić information content (AvgIpc) is 2.28. The molecule has 0 N–H and O–H groups in total. The molecule has 0 aliphatic rings. The van der Waals surface area contributed by atoms with Crippen LogP contribution in [0.4, 0.5) is 0 Å². The molecule has 1 amide bonds. The lowest BCUT2D eigenvalue weighted by Crippen LogP contribution is -2.34. The number of hydrogen-bond acceptors (Lipinski definition) is 3. The van der Waals surface area contributed by atoms with E-state index < -0.39 is 0 Å². The van der Waals surface area contributed by atoms with Gasteiger partial charge in [0, 0.05) is 32.0 Å². The van der Waals surface area contributed by atoms with E-state index in [1.54, 1.807) is 18.0 Å². The Bertz CT molecular complexity index is 373. The first-order valence-corrected chi connectivity index (χ1v) is 7.15. The molecule has 1 heterocycles. The zero-order valence-electron chi connectivity index (χ0n) is 11.6. The summed E-state index contributed by atoms with van der Waals surface area (Å²) in [4.78, 5) is 17.9. The molecule has 0 spiro atoms. The molecular formula is C14H22N2OS. The lowest BCUT2D eigenvalue weighted by molar-refractivity contribution is -0.130. The summed E-state index contributed by atoms with van der Waals surface area (Å²) in [5.41, 5.74) is 0.151. The molecule has 0 fully saturated rings. The minimum atomic E-state index is 0.151. The Labute approximate surface area is 114 Å². The van der Waals surface area contributed by atoms with Gasteiger partial charge in [0.05, 0.1) is 5.03 Å². The molecule has 1 aromatic rings. The quantitative estimate of drug-likeness (QED) is 0.768. The van der Waals surface area contributed by atoms with E-state index in [9.17, 15) is 4.79 Å². The van der Waals surface area contributed by atoms with E-state index in [4.69, 9.17) is 0 Å².